The summed E-state index contributed by atoms with van der Waals surface area (Å²) in [4.78, 5) is 10.0. The van der Waals surface area contributed by atoms with Crippen LogP contribution in [0, 0.1) is 10.1 Å². The molecule has 0 saturated heterocycles. The number of halogens is 2. The van der Waals surface area contributed by atoms with E-state index in [4.69, 9.17) is 38.2 Å². The molecule has 0 spiro atoms. The summed E-state index contributed by atoms with van der Waals surface area (Å²) in [5, 5.41) is 28.5. The van der Waals surface area contributed by atoms with E-state index < -0.39 is 17.6 Å². The van der Waals surface area contributed by atoms with Crippen molar-refractivity contribution in [1.82, 2.24) is 0 Å². The number of ether oxygens (including phenoxy) is 1. The highest BCUT2D eigenvalue weighted by Crippen LogP contribution is 2.35. The summed E-state index contributed by atoms with van der Waals surface area (Å²) in [7, 11) is 0. The molecule has 0 amide bonds. The Labute approximate surface area is 106 Å². The smallest absolute Gasteiger partial charge is 0.312 e. The fourth-order valence-electron chi connectivity index (χ4n) is 1.02. The van der Waals surface area contributed by atoms with Gasteiger partial charge in [0, 0.05) is 12.1 Å². The number of hydrogen-bond acceptors (Lipinski definition) is 5. The first-order chi connectivity index (χ1) is 7.95. The molecule has 1 rings (SSSR count). The molecular weight excluding hydrogens is 273 g/mol. The number of aliphatic hydroxyl groups is 2. The fraction of sp³-hybridized carbons (Fsp3) is 0.333. The highest BCUT2D eigenvalue weighted by molar-refractivity contribution is 6.42. The Balaban J connectivity index is 2.96. The van der Waals surface area contributed by atoms with Crippen molar-refractivity contribution in [1.29, 1.82) is 0 Å². The topological polar surface area (TPSA) is 92.8 Å². The van der Waals surface area contributed by atoms with Crippen molar-refractivity contribution in [2.45, 2.75) is 6.10 Å². The van der Waals surface area contributed by atoms with E-state index in [-0.39, 0.29) is 28.1 Å². The number of nitrogens with zero attached hydrogens (tertiary/aromatic N) is 1. The van der Waals surface area contributed by atoms with Crippen molar-refractivity contribution in [3.8, 4) is 5.75 Å². The normalized spacial score (nSPS) is 12.2. The standard InChI is InChI=1S/C9H9Cl2NO5/c10-6-1-8(12(15)16)9(2-7(6)11)17-4-5(14)3-13/h1-2,5,13-14H,3-4H2. The van der Waals surface area contributed by atoms with Crippen LogP contribution in [0.4, 0.5) is 5.69 Å². The van der Waals surface area contributed by atoms with Crippen LogP contribution in [0.25, 0.3) is 0 Å². The van der Waals surface area contributed by atoms with Gasteiger partial charge in [-0.1, -0.05) is 23.2 Å². The molecular formula is C9H9Cl2NO5. The Hall–Kier alpha value is -1.08. The first kappa shape index (κ1) is 14.0. The van der Waals surface area contributed by atoms with Crippen LogP contribution < -0.4 is 4.74 Å². The van der Waals surface area contributed by atoms with E-state index in [0.717, 1.165) is 6.07 Å². The lowest BCUT2D eigenvalue weighted by atomic mass is 10.3. The van der Waals surface area contributed by atoms with Crippen LogP contribution in [0.3, 0.4) is 0 Å². The van der Waals surface area contributed by atoms with Crippen molar-refractivity contribution in [2.75, 3.05) is 13.2 Å². The SMILES string of the molecule is O=[N+]([O-])c1cc(Cl)c(Cl)cc1OCC(O)CO. The molecule has 0 aliphatic heterocycles. The zero-order valence-electron chi connectivity index (χ0n) is 8.47. The predicted molar refractivity (Wildman–Crippen MR) is 61.7 cm³/mol. The van der Waals surface area contributed by atoms with Crippen LogP contribution in [0.5, 0.6) is 5.75 Å². The highest BCUT2D eigenvalue weighted by atomic mass is 35.5. The van der Waals surface area contributed by atoms with Gasteiger partial charge in [-0.2, -0.15) is 0 Å². The van der Waals surface area contributed by atoms with Gasteiger partial charge in [-0.15, -0.1) is 0 Å². The second-order valence-corrected chi connectivity index (χ2v) is 3.95. The lowest BCUT2D eigenvalue weighted by molar-refractivity contribution is -0.385. The van der Waals surface area contributed by atoms with Gasteiger partial charge in [0.2, 0.25) is 0 Å². The zero-order chi connectivity index (χ0) is 13.0. The molecule has 0 aliphatic carbocycles. The van der Waals surface area contributed by atoms with E-state index in [1.165, 1.54) is 6.07 Å². The minimum Gasteiger partial charge on any atom is -0.484 e. The summed E-state index contributed by atoms with van der Waals surface area (Å²) in [6.45, 7) is -0.787. The van der Waals surface area contributed by atoms with Gasteiger partial charge >= 0.3 is 5.69 Å². The summed E-state index contributed by atoms with van der Waals surface area (Å²) in [6, 6.07) is 2.25. The summed E-state index contributed by atoms with van der Waals surface area (Å²) >= 11 is 11.3. The van der Waals surface area contributed by atoms with Crippen molar-refractivity contribution in [2.24, 2.45) is 0 Å². The Kier molecular flexibility index (Phi) is 4.95. The van der Waals surface area contributed by atoms with E-state index in [1.54, 1.807) is 0 Å². The highest BCUT2D eigenvalue weighted by Gasteiger charge is 2.19. The molecule has 6 nitrogen and oxygen atoms in total. The first-order valence-corrected chi connectivity index (χ1v) is 5.26. The maximum Gasteiger partial charge on any atom is 0.312 e. The Morgan fingerprint density at radius 2 is 2.00 bits per heavy atom. The van der Waals surface area contributed by atoms with E-state index in [2.05, 4.69) is 0 Å². The number of rotatable bonds is 5. The van der Waals surface area contributed by atoms with Crippen molar-refractivity contribution in [3.63, 3.8) is 0 Å². The minimum absolute atomic E-state index is 0.0356. The average molecular weight is 282 g/mol. The Morgan fingerprint density at radius 3 is 2.53 bits per heavy atom. The van der Waals surface area contributed by atoms with E-state index >= 15 is 0 Å². The molecule has 1 unspecified atom stereocenters. The molecule has 1 aromatic carbocycles. The van der Waals surface area contributed by atoms with Gasteiger partial charge in [0.25, 0.3) is 0 Å². The van der Waals surface area contributed by atoms with Crippen LogP contribution in [-0.4, -0.2) is 34.5 Å². The van der Waals surface area contributed by atoms with Gasteiger partial charge < -0.3 is 14.9 Å². The van der Waals surface area contributed by atoms with Gasteiger partial charge in [0.05, 0.1) is 21.6 Å². The molecule has 0 radical (unpaired) electrons. The third-order valence-corrected chi connectivity index (χ3v) is 2.56. The van der Waals surface area contributed by atoms with E-state index in [1.807, 2.05) is 0 Å². The molecule has 0 bridgehead atoms. The molecule has 17 heavy (non-hydrogen) atoms. The molecule has 94 valence electrons. The second-order valence-electron chi connectivity index (χ2n) is 3.14. The average Bonchev–Trinajstić information content (AvgIpc) is 2.29. The minimum atomic E-state index is -1.12. The Morgan fingerprint density at radius 1 is 1.41 bits per heavy atom. The molecule has 0 aliphatic rings. The quantitative estimate of drug-likeness (QED) is 0.632. The number of aliphatic hydroxyl groups excluding tert-OH is 2. The lowest BCUT2D eigenvalue weighted by Gasteiger charge is -2.10. The van der Waals surface area contributed by atoms with Gasteiger partial charge in [-0.25, -0.2) is 0 Å². The monoisotopic (exact) mass is 281 g/mol. The fourth-order valence-corrected chi connectivity index (χ4v) is 1.33. The van der Waals surface area contributed by atoms with Crippen LogP contribution in [-0.2, 0) is 0 Å². The first-order valence-electron chi connectivity index (χ1n) is 4.51. The summed E-state index contributed by atoms with van der Waals surface area (Å²) in [5.41, 5.74) is -0.357. The van der Waals surface area contributed by atoms with E-state index in [9.17, 15) is 10.1 Å². The number of nitro benzene ring substituents is 1. The second kappa shape index (κ2) is 6.02. The van der Waals surface area contributed by atoms with Crippen LogP contribution >= 0.6 is 23.2 Å². The van der Waals surface area contributed by atoms with Crippen molar-refractivity contribution >= 4 is 28.9 Å². The van der Waals surface area contributed by atoms with Crippen molar-refractivity contribution in [3.05, 3.63) is 32.3 Å². The third-order valence-electron chi connectivity index (χ3n) is 1.84. The van der Waals surface area contributed by atoms with Gasteiger partial charge in [-0.05, 0) is 0 Å². The predicted octanol–water partition coefficient (Wildman–Crippen LogP) is 1.63. The number of benzene rings is 1. The van der Waals surface area contributed by atoms with Gasteiger partial charge in [-0.3, -0.25) is 10.1 Å². The van der Waals surface area contributed by atoms with Gasteiger partial charge in [0.15, 0.2) is 5.75 Å². The Bertz CT molecular complexity index is 426. The molecule has 8 heteroatoms. The zero-order valence-corrected chi connectivity index (χ0v) is 9.98. The van der Waals surface area contributed by atoms with Crippen LogP contribution in [0.2, 0.25) is 10.0 Å². The number of hydrogen-bond donors (Lipinski definition) is 2. The van der Waals surface area contributed by atoms with Crippen LogP contribution in [0.15, 0.2) is 12.1 Å². The van der Waals surface area contributed by atoms with Crippen molar-refractivity contribution < 1.29 is 19.9 Å². The van der Waals surface area contributed by atoms with Gasteiger partial charge in [0.1, 0.15) is 12.7 Å². The van der Waals surface area contributed by atoms with E-state index in [0.29, 0.717) is 0 Å². The molecule has 0 aromatic heterocycles. The molecule has 2 N–H and O–H groups in total. The largest absolute Gasteiger partial charge is 0.484 e. The lowest BCUT2D eigenvalue weighted by Crippen LogP contribution is -2.21. The molecule has 0 fully saturated rings. The maximum absolute atomic E-state index is 10.7. The summed E-state index contributed by atoms with van der Waals surface area (Å²) < 4.78 is 4.99. The number of nitro groups is 1. The molecule has 1 atom stereocenters. The summed E-state index contributed by atoms with van der Waals surface area (Å²) in [6.07, 6.45) is -1.12. The molecule has 1 aromatic rings. The molecule has 0 heterocycles. The van der Waals surface area contributed by atoms with Crippen LogP contribution in [0.1, 0.15) is 0 Å². The maximum atomic E-state index is 10.7. The third kappa shape index (κ3) is 3.71. The molecule has 0 saturated carbocycles. The summed E-state index contributed by atoms with van der Waals surface area (Å²) in [5.74, 6) is -0.114.